The Morgan fingerprint density at radius 2 is 2.06 bits per heavy atom. The molecule has 1 aliphatic heterocycles. The van der Waals surface area contributed by atoms with Crippen molar-refractivity contribution in [3.63, 3.8) is 0 Å². The van der Waals surface area contributed by atoms with E-state index in [0.29, 0.717) is 10.7 Å². The van der Waals surface area contributed by atoms with Crippen LogP contribution in [0, 0.1) is 0 Å². The van der Waals surface area contributed by atoms with Gasteiger partial charge in [-0.05, 0) is 31.9 Å². The summed E-state index contributed by atoms with van der Waals surface area (Å²) < 4.78 is 5.36. The number of nitrogens with one attached hydrogen (secondary N) is 1. The van der Waals surface area contributed by atoms with Crippen LogP contribution in [0.2, 0.25) is 5.02 Å². The summed E-state index contributed by atoms with van der Waals surface area (Å²) in [6, 6.07) is 5.56. The number of para-hydroxylation sites is 1. The molecule has 0 spiro atoms. The third-order valence-electron chi connectivity index (χ3n) is 3.07. The average Bonchev–Trinajstić information content (AvgIpc) is 2.25. The molecule has 0 aliphatic carbocycles. The van der Waals surface area contributed by atoms with Gasteiger partial charge in [-0.15, -0.1) is 0 Å². The first-order chi connectivity index (χ1) is 7.61. The van der Waals surface area contributed by atoms with Crippen LogP contribution in [0.1, 0.15) is 19.8 Å². The predicted molar refractivity (Wildman–Crippen MR) is 67.9 cm³/mol. The second kappa shape index (κ2) is 4.52. The standard InChI is InChI=1S/C12H17ClN2O/c1-12(5-7-16-8-6-12)15-11-9(13)3-2-4-10(11)14/h2-4,15H,5-8,14H2,1H3. The number of rotatable bonds is 2. The number of ether oxygens (including phenoxy) is 1. The van der Waals surface area contributed by atoms with Gasteiger partial charge in [0, 0.05) is 18.8 Å². The van der Waals surface area contributed by atoms with Crippen molar-refractivity contribution in [3.05, 3.63) is 23.2 Å². The van der Waals surface area contributed by atoms with Crippen LogP contribution in [0.15, 0.2) is 18.2 Å². The number of hydrogen-bond acceptors (Lipinski definition) is 3. The fourth-order valence-electron chi connectivity index (χ4n) is 1.92. The highest BCUT2D eigenvalue weighted by molar-refractivity contribution is 6.33. The topological polar surface area (TPSA) is 47.3 Å². The van der Waals surface area contributed by atoms with E-state index < -0.39 is 0 Å². The fraction of sp³-hybridized carbons (Fsp3) is 0.500. The predicted octanol–water partition coefficient (Wildman–Crippen LogP) is 2.90. The Morgan fingerprint density at radius 1 is 1.38 bits per heavy atom. The van der Waals surface area contributed by atoms with Crippen molar-refractivity contribution in [1.29, 1.82) is 0 Å². The number of nitrogens with two attached hydrogens (primary N) is 1. The molecule has 88 valence electrons. The van der Waals surface area contributed by atoms with Crippen molar-refractivity contribution >= 4 is 23.0 Å². The van der Waals surface area contributed by atoms with Crippen LogP contribution >= 0.6 is 11.6 Å². The summed E-state index contributed by atoms with van der Waals surface area (Å²) in [5, 5.41) is 4.13. The second-order valence-electron chi connectivity index (χ2n) is 4.50. The van der Waals surface area contributed by atoms with Crippen molar-refractivity contribution in [3.8, 4) is 0 Å². The zero-order chi connectivity index (χ0) is 11.6. The van der Waals surface area contributed by atoms with Gasteiger partial charge in [0.15, 0.2) is 0 Å². The minimum atomic E-state index is 0.0252. The van der Waals surface area contributed by atoms with Gasteiger partial charge in [0.1, 0.15) is 0 Å². The van der Waals surface area contributed by atoms with Gasteiger partial charge in [-0.25, -0.2) is 0 Å². The molecule has 16 heavy (non-hydrogen) atoms. The first-order valence-electron chi connectivity index (χ1n) is 5.51. The molecule has 1 aromatic rings. The van der Waals surface area contributed by atoms with Crippen LogP contribution in [0.3, 0.4) is 0 Å². The molecule has 0 amide bonds. The van der Waals surface area contributed by atoms with Gasteiger partial charge in [-0.2, -0.15) is 0 Å². The lowest BCUT2D eigenvalue weighted by Gasteiger charge is -2.36. The van der Waals surface area contributed by atoms with E-state index in [0.717, 1.165) is 31.7 Å². The number of hydrogen-bond donors (Lipinski definition) is 2. The van der Waals surface area contributed by atoms with Crippen molar-refractivity contribution in [2.75, 3.05) is 24.3 Å². The molecule has 3 N–H and O–H groups in total. The quantitative estimate of drug-likeness (QED) is 0.782. The maximum absolute atomic E-state index is 6.14. The van der Waals surface area contributed by atoms with Gasteiger partial charge >= 0.3 is 0 Å². The van der Waals surface area contributed by atoms with Crippen LogP contribution in [0.4, 0.5) is 11.4 Å². The molecule has 4 heteroatoms. The van der Waals surface area contributed by atoms with E-state index in [1.165, 1.54) is 0 Å². The Kier molecular flexibility index (Phi) is 3.26. The van der Waals surface area contributed by atoms with Crippen molar-refractivity contribution in [1.82, 2.24) is 0 Å². The minimum Gasteiger partial charge on any atom is -0.397 e. The highest BCUT2D eigenvalue weighted by Gasteiger charge is 2.28. The van der Waals surface area contributed by atoms with Crippen LogP contribution in [-0.4, -0.2) is 18.8 Å². The van der Waals surface area contributed by atoms with Crippen LogP contribution in [0.5, 0.6) is 0 Å². The maximum atomic E-state index is 6.14. The molecule has 0 aromatic heterocycles. The zero-order valence-corrected chi connectivity index (χ0v) is 10.2. The Morgan fingerprint density at radius 3 is 2.69 bits per heavy atom. The summed E-state index contributed by atoms with van der Waals surface area (Å²) in [7, 11) is 0. The Hall–Kier alpha value is -0.930. The van der Waals surface area contributed by atoms with Crippen LogP contribution in [-0.2, 0) is 4.74 Å². The molecular formula is C12H17ClN2O. The molecular weight excluding hydrogens is 224 g/mol. The summed E-state index contributed by atoms with van der Waals surface area (Å²) in [5.41, 5.74) is 7.48. The highest BCUT2D eigenvalue weighted by atomic mass is 35.5. The highest BCUT2D eigenvalue weighted by Crippen LogP contribution is 2.33. The van der Waals surface area contributed by atoms with Crippen molar-refractivity contribution in [2.24, 2.45) is 0 Å². The van der Waals surface area contributed by atoms with Crippen LogP contribution < -0.4 is 11.1 Å². The number of benzene rings is 1. The molecule has 1 saturated heterocycles. The lowest BCUT2D eigenvalue weighted by Crippen LogP contribution is -2.40. The normalized spacial score (nSPS) is 19.4. The molecule has 1 aliphatic rings. The van der Waals surface area contributed by atoms with Gasteiger partial charge in [0.05, 0.1) is 16.4 Å². The number of anilines is 2. The van der Waals surface area contributed by atoms with Crippen LogP contribution in [0.25, 0.3) is 0 Å². The maximum Gasteiger partial charge on any atom is 0.0767 e. The Bertz CT molecular complexity index is 355. The summed E-state index contributed by atoms with van der Waals surface area (Å²) in [4.78, 5) is 0. The first-order valence-corrected chi connectivity index (χ1v) is 5.88. The van der Waals surface area contributed by atoms with E-state index >= 15 is 0 Å². The second-order valence-corrected chi connectivity index (χ2v) is 4.91. The summed E-state index contributed by atoms with van der Waals surface area (Å²) in [6.45, 7) is 3.75. The fourth-order valence-corrected chi connectivity index (χ4v) is 2.15. The van der Waals surface area contributed by atoms with Gasteiger partial charge < -0.3 is 15.8 Å². The monoisotopic (exact) mass is 240 g/mol. The molecule has 0 bridgehead atoms. The minimum absolute atomic E-state index is 0.0252. The molecule has 3 nitrogen and oxygen atoms in total. The third-order valence-corrected chi connectivity index (χ3v) is 3.38. The molecule has 2 rings (SSSR count). The lowest BCUT2D eigenvalue weighted by atomic mass is 9.92. The van der Waals surface area contributed by atoms with E-state index in [9.17, 15) is 0 Å². The number of nitrogen functional groups attached to an aromatic ring is 1. The van der Waals surface area contributed by atoms with Gasteiger partial charge in [0.25, 0.3) is 0 Å². The Balaban J connectivity index is 2.19. The third kappa shape index (κ3) is 2.42. The summed E-state index contributed by atoms with van der Waals surface area (Å²) in [5.74, 6) is 0. The molecule has 1 aromatic carbocycles. The molecule has 1 heterocycles. The summed E-state index contributed by atoms with van der Waals surface area (Å²) >= 11 is 6.14. The van der Waals surface area contributed by atoms with E-state index in [-0.39, 0.29) is 5.54 Å². The van der Waals surface area contributed by atoms with Gasteiger partial charge in [0.2, 0.25) is 0 Å². The molecule has 1 fully saturated rings. The largest absolute Gasteiger partial charge is 0.397 e. The lowest BCUT2D eigenvalue weighted by molar-refractivity contribution is 0.0658. The van der Waals surface area contributed by atoms with Crippen molar-refractivity contribution in [2.45, 2.75) is 25.3 Å². The molecule has 0 radical (unpaired) electrons. The van der Waals surface area contributed by atoms with E-state index in [2.05, 4.69) is 12.2 Å². The van der Waals surface area contributed by atoms with E-state index in [1.807, 2.05) is 18.2 Å². The zero-order valence-electron chi connectivity index (χ0n) is 9.42. The molecule has 0 unspecified atom stereocenters. The SMILES string of the molecule is CC1(Nc2c(N)cccc2Cl)CCOCC1. The van der Waals surface area contributed by atoms with E-state index in [4.69, 9.17) is 22.1 Å². The number of halogens is 1. The smallest absolute Gasteiger partial charge is 0.0767 e. The van der Waals surface area contributed by atoms with E-state index in [1.54, 1.807) is 0 Å². The first kappa shape index (κ1) is 11.6. The molecule has 0 atom stereocenters. The molecule has 0 saturated carbocycles. The van der Waals surface area contributed by atoms with Crippen molar-refractivity contribution < 1.29 is 4.74 Å². The summed E-state index contributed by atoms with van der Waals surface area (Å²) in [6.07, 6.45) is 1.94. The Labute approximate surface area is 101 Å². The van der Waals surface area contributed by atoms with Gasteiger partial charge in [-0.3, -0.25) is 0 Å². The average molecular weight is 241 g/mol. The van der Waals surface area contributed by atoms with Gasteiger partial charge in [-0.1, -0.05) is 17.7 Å².